The molecule has 4 rings (SSSR count). The molecule has 3 heterocycles. The molecule has 3 amide bonds. The van der Waals surface area contributed by atoms with Gasteiger partial charge in [0.15, 0.2) is 11.5 Å². The van der Waals surface area contributed by atoms with E-state index in [0.29, 0.717) is 41.4 Å². The zero-order valence-corrected chi connectivity index (χ0v) is 19.6. The van der Waals surface area contributed by atoms with E-state index in [9.17, 15) is 14.4 Å². The lowest BCUT2D eigenvalue weighted by Crippen LogP contribution is -2.33. The lowest BCUT2D eigenvalue weighted by atomic mass is 10.1. The average molecular weight is 474 g/mol. The minimum absolute atomic E-state index is 0.0338. The van der Waals surface area contributed by atoms with E-state index < -0.39 is 5.91 Å². The van der Waals surface area contributed by atoms with Gasteiger partial charge in [-0.05, 0) is 62.6 Å². The third kappa shape index (κ3) is 4.77. The Kier molecular flexibility index (Phi) is 6.63. The number of hydrogen-bond donors (Lipinski definition) is 3. The van der Waals surface area contributed by atoms with Gasteiger partial charge in [0.25, 0.3) is 11.8 Å². The van der Waals surface area contributed by atoms with Gasteiger partial charge in [-0.25, -0.2) is 14.6 Å². The topological polar surface area (TPSA) is 149 Å². The molecular weight excluding hydrogens is 446 g/mol. The number of aromatic nitrogens is 3. The van der Waals surface area contributed by atoms with Crippen molar-refractivity contribution >= 4 is 23.5 Å². The third-order valence-electron chi connectivity index (χ3n) is 5.89. The number of pyridine rings is 1. The number of nitrogens with two attached hydrogens (primary N) is 2. The number of nitrogen functional groups attached to an aromatic ring is 1. The maximum atomic E-state index is 12.6. The van der Waals surface area contributed by atoms with Crippen LogP contribution < -0.4 is 16.9 Å². The molecule has 2 aromatic heterocycles. The number of amides is 3. The summed E-state index contributed by atoms with van der Waals surface area (Å²) in [5, 5.41) is 2.76. The average Bonchev–Trinajstić information content (AvgIpc) is 3.44. The summed E-state index contributed by atoms with van der Waals surface area (Å²) < 4.78 is 1.17. The fourth-order valence-electron chi connectivity index (χ4n) is 4.23. The zero-order chi connectivity index (χ0) is 25.1. The Hall–Kier alpha value is -4.47. The van der Waals surface area contributed by atoms with Crippen molar-refractivity contribution in [3.05, 3.63) is 77.4 Å². The number of nitrogens with one attached hydrogen (secondary N) is 1. The fraction of sp³-hybridized carbons (Fsp3) is 0.240. The van der Waals surface area contributed by atoms with Crippen molar-refractivity contribution in [2.45, 2.75) is 32.7 Å². The molecule has 1 atom stereocenters. The van der Waals surface area contributed by atoms with Gasteiger partial charge >= 0.3 is 0 Å². The van der Waals surface area contributed by atoms with E-state index in [4.69, 9.17) is 11.6 Å². The molecule has 0 bridgehead atoms. The first-order chi connectivity index (χ1) is 16.8. The molecule has 1 aromatic carbocycles. The number of allylic oxidation sites excluding steroid dienone is 1. The minimum atomic E-state index is -0.738. The van der Waals surface area contributed by atoms with Gasteiger partial charge < -0.3 is 21.8 Å². The molecule has 35 heavy (non-hydrogen) atoms. The molecule has 1 aliphatic rings. The summed E-state index contributed by atoms with van der Waals surface area (Å²) >= 11 is 0. The number of carbonyl (C=O) groups excluding carboxylic acids is 3. The standard InChI is InChI=1S/C25H27N7O3/c1-3-5-20(33)31-13-4-6-18(31)24-30-21(22(23(26)34)32(24)27)16-7-9-17(10-8-16)25(35)29-19-14-15(2)11-12-28-19/h3,5,7-12,14,18H,4,6,13,27H2,1-2H3,(H2,26,34)(H,28,29,35)/b5-3+/t18-/m0/s1. The van der Waals surface area contributed by atoms with E-state index in [1.165, 1.54) is 10.8 Å². The van der Waals surface area contributed by atoms with Crippen molar-refractivity contribution < 1.29 is 14.4 Å². The second-order valence-corrected chi connectivity index (χ2v) is 8.34. The largest absolute Gasteiger partial charge is 0.364 e. The first kappa shape index (κ1) is 23.7. The predicted molar refractivity (Wildman–Crippen MR) is 132 cm³/mol. The maximum absolute atomic E-state index is 12.6. The van der Waals surface area contributed by atoms with E-state index in [2.05, 4.69) is 15.3 Å². The molecule has 10 nitrogen and oxygen atoms in total. The number of carbonyl (C=O) groups is 3. The molecule has 0 radical (unpaired) electrons. The molecule has 1 aliphatic heterocycles. The van der Waals surface area contributed by atoms with Crippen molar-refractivity contribution in [1.29, 1.82) is 0 Å². The van der Waals surface area contributed by atoms with E-state index in [0.717, 1.165) is 12.0 Å². The first-order valence-electron chi connectivity index (χ1n) is 11.3. The number of benzene rings is 1. The van der Waals surface area contributed by atoms with Crippen LogP contribution in [0, 0.1) is 6.92 Å². The lowest BCUT2D eigenvalue weighted by molar-refractivity contribution is -0.127. The van der Waals surface area contributed by atoms with Crippen LogP contribution in [0.15, 0.2) is 54.7 Å². The van der Waals surface area contributed by atoms with Crippen LogP contribution in [-0.4, -0.2) is 43.8 Å². The molecule has 1 saturated heterocycles. The molecule has 0 saturated carbocycles. The van der Waals surface area contributed by atoms with Gasteiger partial charge in [0, 0.05) is 23.9 Å². The molecule has 10 heteroatoms. The molecule has 5 N–H and O–H groups in total. The van der Waals surface area contributed by atoms with Crippen LogP contribution in [0.1, 0.15) is 58.0 Å². The third-order valence-corrected chi connectivity index (χ3v) is 5.89. The Morgan fingerprint density at radius 3 is 2.57 bits per heavy atom. The summed E-state index contributed by atoms with van der Waals surface area (Å²) in [6.45, 7) is 4.26. The maximum Gasteiger partial charge on any atom is 0.269 e. The monoisotopic (exact) mass is 473 g/mol. The van der Waals surface area contributed by atoms with Gasteiger partial charge in [-0.15, -0.1) is 0 Å². The van der Waals surface area contributed by atoms with Gasteiger partial charge in [0.1, 0.15) is 11.5 Å². The van der Waals surface area contributed by atoms with Crippen LogP contribution in [0.3, 0.4) is 0 Å². The highest BCUT2D eigenvalue weighted by atomic mass is 16.2. The molecule has 3 aromatic rings. The number of likely N-dealkylation sites (tertiary alicyclic amines) is 1. The van der Waals surface area contributed by atoms with E-state index in [1.54, 1.807) is 54.4 Å². The number of imidazole rings is 1. The Balaban J connectivity index is 1.64. The summed E-state index contributed by atoms with van der Waals surface area (Å²) in [6.07, 6.45) is 6.26. The number of aryl methyl sites for hydroxylation is 1. The fourth-order valence-corrected chi connectivity index (χ4v) is 4.23. The van der Waals surface area contributed by atoms with Crippen molar-refractivity contribution in [3.8, 4) is 11.3 Å². The minimum Gasteiger partial charge on any atom is -0.364 e. The summed E-state index contributed by atoms with van der Waals surface area (Å²) in [4.78, 5) is 47.9. The molecule has 0 aliphatic carbocycles. The van der Waals surface area contributed by atoms with Gasteiger partial charge in [-0.1, -0.05) is 18.2 Å². The summed E-state index contributed by atoms with van der Waals surface area (Å²) in [6, 6.07) is 9.84. The second kappa shape index (κ2) is 9.80. The van der Waals surface area contributed by atoms with Crippen LogP contribution in [0.5, 0.6) is 0 Å². The molecule has 0 unspecified atom stereocenters. The summed E-state index contributed by atoms with van der Waals surface area (Å²) in [5.74, 6) is 5.90. The van der Waals surface area contributed by atoms with Crippen LogP contribution >= 0.6 is 0 Å². The molecular formula is C25H27N7O3. The predicted octanol–water partition coefficient (Wildman–Crippen LogP) is 2.56. The Labute approximate surface area is 202 Å². The smallest absolute Gasteiger partial charge is 0.269 e. The van der Waals surface area contributed by atoms with Gasteiger partial charge in [-0.3, -0.25) is 14.4 Å². The van der Waals surface area contributed by atoms with Gasteiger partial charge in [0.2, 0.25) is 5.91 Å². The van der Waals surface area contributed by atoms with E-state index >= 15 is 0 Å². The van der Waals surface area contributed by atoms with Crippen molar-refractivity contribution in [1.82, 2.24) is 19.5 Å². The lowest BCUT2D eigenvalue weighted by Gasteiger charge is -2.22. The van der Waals surface area contributed by atoms with Crippen molar-refractivity contribution in [2.24, 2.45) is 5.73 Å². The first-order valence-corrected chi connectivity index (χ1v) is 11.3. The summed E-state index contributed by atoms with van der Waals surface area (Å²) in [7, 11) is 0. The molecule has 180 valence electrons. The zero-order valence-electron chi connectivity index (χ0n) is 19.6. The Morgan fingerprint density at radius 2 is 1.91 bits per heavy atom. The highest BCUT2D eigenvalue weighted by Crippen LogP contribution is 2.34. The van der Waals surface area contributed by atoms with Crippen molar-refractivity contribution in [2.75, 3.05) is 17.7 Å². The van der Waals surface area contributed by atoms with Crippen LogP contribution in [0.2, 0.25) is 0 Å². The van der Waals surface area contributed by atoms with Crippen molar-refractivity contribution in [3.63, 3.8) is 0 Å². The number of primary amides is 1. The number of nitrogens with zero attached hydrogens (tertiary/aromatic N) is 4. The number of rotatable bonds is 6. The van der Waals surface area contributed by atoms with Gasteiger partial charge in [0.05, 0.1) is 6.04 Å². The highest BCUT2D eigenvalue weighted by molar-refractivity contribution is 6.04. The normalized spacial score (nSPS) is 15.5. The molecule has 0 spiro atoms. The van der Waals surface area contributed by atoms with Crippen LogP contribution in [0.4, 0.5) is 5.82 Å². The number of hydrogen-bond acceptors (Lipinski definition) is 6. The SMILES string of the molecule is C/C=C/C(=O)N1CCC[C@H]1c1nc(-c2ccc(C(=O)Nc3cc(C)ccn3)cc2)c(C(N)=O)n1N. The molecule has 1 fully saturated rings. The van der Waals surface area contributed by atoms with E-state index in [1.807, 2.05) is 13.0 Å². The summed E-state index contributed by atoms with van der Waals surface area (Å²) in [5.41, 5.74) is 7.93. The Morgan fingerprint density at radius 1 is 1.17 bits per heavy atom. The quantitative estimate of drug-likeness (QED) is 0.370. The Bertz CT molecular complexity index is 1310. The second-order valence-electron chi connectivity index (χ2n) is 8.34. The van der Waals surface area contributed by atoms with Gasteiger partial charge in [-0.2, -0.15) is 0 Å². The highest BCUT2D eigenvalue weighted by Gasteiger charge is 2.34. The van der Waals surface area contributed by atoms with Crippen LogP contribution in [0.25, 0.3) is 11.3 Å². The van der Waals surface area contributed by atoms with Crippen LogP contribution in [-0.2, 0) is 4.79 Å². The number of anilines is 1. The van der Waals surface area contributed by atoms with E-state index in [-0.39, 0.29) is 23.6 Å².